The molecule has 0 N–H and O–H groups in total. The molecule has 0 saturated carbocycles. The normalized spacial score (nSPS) is 12.1. The number of carbonyl (C=O) groups excluding carboxylic acids is 1. The Morgan fingerprint density at radius 2 is 1.55 bits per heavy atom. The summed E-state index contributed by atoms with van der Waals surface area (Å²) < 4.78 is 16.1. The van der Waals surface area contributed by atoms with Crippen LogP contribution >= 0.6 is 0 Å². The largest absolute Gasteiger partial charge is 0.465 e. The van der Waals surface area contributed by atoms with Crippen LogP contribution in [0, 0.1) is 0 Å². The van der Waals surface area contributed by atoms with E-state index < -0.39 is 5.60 Å². The van der Waals surface area contributed by atoms with Crippen LogP contribution in [-0.4, -0.2) is 38.9 Å². The maximum absolute atomic E-state index is 11.3. The molecule has 1 rings (SSSR count). The van der Waals surface area contributed by atoms with Gasteiger partial charge in [0.05, 0.1) is 23.9 Å². The third-order valence-corrected chi connectivity index (χ3v) is 3.93. The summed E-state index contributed by atoms with van der Waals surface area (Å²) in [6.45, 7) is 7.99. The number of rotatable bonds is 6. The van der Waals surface area contributed by atoms with Gasteiger partial charge >= 0.3 is 13.5 Å². The van der Waals surface area contributed by atoms with E-state index in [1.165, 1.54) is 7.11 Å². The van der Waals surface area contributed by atoms with Crippen molar-refractivity contribution in [2.24, 2.45) is 0 Å². The van der Waals surface area contributed by atoms with E-state index in [1.54, 1.807) is 19.2 Å². The lowest BCUT2D eigenvalue weighted by Gasteiger charge is -2.40. The number of esters is 1. The number of hydrogen-bond donors (Lipinski definition) is 0. The summed E-state index contributed by atoms with van der Waals surface area (Å²) in [6.07, 6.45) is 0. The molecule has 0 unspecified atom stereocenters. The molecule has 20 heavy (non-hydrogen) atoms. The zero-order valence-electron chi connectivity index (χ0n) is 13.1. The second kappa shape index (κ2) is 6.42. The fourth-order valence-electron chi connectivity index (χ4n) is 1.54. The van der Waals surface area contributed by atoms with E-state index in [-0.39, 0.29) is 11.6 Å². The first-order valence-corrected chi connectivity index (χ1v) is 6.60. The molecule has 1 aromatic rings. The average Bonchev–Trinajstić information content (AvgIpc) is 2.44. The highest BCUT2D eigenvalue weighted by atomic mass is 16.5. The monoisotopic (exact) mass is 278 g/mol. The highest BCUT2D eigenvalue weighted by molar-refractivity contribution is 6.47. The van der Waals surface area contributed by atoms with Gasteiger partial charge in [0, 0.05) is 7.11 Å². The highest BCUT2D eigenvalue weighted by Gasteiger charge is 2.37. The Kier molecular flexibility index (Phi) is 5.37. The summed E-state index contributed by atoms with van der Waals surface area (Å²) in [4.78, 5) is 11.3. The summed E-state index contributed by atoms with van der Waals surface area (Å²) in [5.74, 6) is -0.335. The summed E-state index contributed by atoms with van der Waals surface area (Å²) in [5.41, 5.74) is 0.715. The Hall–Kier alpha value is -1.33. The fraction of sp³-hybridized carbons (Fsp3) is 0.533. The molecule has 0 fully saturated rings. The van der Waals surface area contributed by atoms with Gasteiger partial charge < -0.3 is 14.1 Å². The van der Waals surface area contributed by atoms with Gasteiger partial charge in [-0.2, -0.15) is 0 Å². The number of ether oxygens (including phenoxy) is 2. The van der Waals surface area contributed by atoms with Crippen molar-refractivity contribution >= 4 is 18.9 Å². The van der Waals surface area contributed by atoms with Crippen LogP contribution in [0.4, 0.5) is 0 Å². The SMILES string of the molecule is COC(=O)c1ccc(BOC(C)(C)C(C)(C)OC)cc1. The summed E-state index contributed by atoms with van der Waals surface area (Å²) in [7, 11) is 3.51. The maximum atomic E-state index is 11.3. The van der Waals surface area contributed by atoms with Gasteiger partial charge in [-0.3, -0.25) is 0 Å². The second-order valence-corrected chi connectivity index (χ2v) is 5.70. The average molecular weight is 278 g/mol. The Labute approximate surface area is 121 Å². The molecular formula is C15H23BO4. The molecule has 0 radical (unpaired) electrons. The van der Waals surface area contributed by atoms with Crippen molar-refractivity contribution in [3.8, 4) is 0 Å². The second-order valence-electron chi connectivity index (χ2n) is 5.70. The van der Waals surface area contributed by atoms with Gasteiger partial charge in [0.15, 0.2) is 0 Å². The van der Waals surface area contributed by atoms with Crippen LogP contribution in [0.2, 0.25) is 0 Å². The minimum atomic E-state index is -0.428. The maximum Gasteiger partial charge on any atom is 0.337 e. The van der Waals surface area contributed by atoms with Crippen LogP contribution < -0.4 is 5.46 Å². The van der Waals surface area contributed by atoms with Crippen LogP contribution in [0.15, 0.2) is 24.3 Å². The van der Waals surface area contributed by atoms with E-state index in [9.17, 15) is 4.79 Å². The highest BCUT2D eigenvalue weighted by Crippen LogP contribution is 2.27. The first kappa shape index (κ1) is 16.7. The van der Waals surface area contributed by atoms with Crippen molar-refractivity contribution in [2.75, 3.05) is 14.2 Å². The number of carbonyl (C=O) groups is 1. The Balaban J connectivity index is 2.69. The summed E-state index contributed by atoms with van der Waals surface area (Å²) >= 11 is 0. The lowest BCUT2D eigenvalue weighted by Crippen LogP contribution is -2.50. The van der Waals surface area contributed by atoms with Gasteiger partial charge in [0.1, 0.15) is 0 Å². The summed E-state index contributed by atoms with van der Waals surface area (Å²) in [6, 6.07) is 7.20. The van der Waals surface area contributed by atoms with Crippen molar-refractivity contribution < 1.29 is 18.9 Å². The third kappa shape index (κ3) is 3.84. The van der Waals surface area contributed by atoms with Crippen LogP contribution in [0.3, 0.4) is 0 Å². The zero-order chi connectivity index (χ0) is 15.4. The molecule has 1 aromatic carbocycles. The van der Waals surface area contributed by atoms with E-state index >= 15 is 0 Å². The van der Waals surface area contributed by atoms with Crippen molar-refractivity contribution in [3.05, 3.63) is 29.8 Å². The molecule has 0 aliphatic carbocycles. The van der Waals surface area contributed by atoms with Gasteiger partial charge in [-0.1, -0.05) is 17.6 Å². The summed E-state index contributed by atoms with van der Waals surface area (Å²) in [5, 5.41) is 0. The molecular weight excluding hydrogens is 255 g/mol. The Morgan fingerprint density at radius 1 is 1.00 bits per heavy atom. The molecule has 0 atom stereocenters. The van der Waals surface area contributed by atoms with E-state index in [0.29, 0.717) is 13.0 Å². The van der Waals surface area contributed by atoms with E-state index in [4.69, 9.17) is 9.39 Å². The lowest BCUT2D eigenvalue weighted by atomic mass is 9.82. The Morgan fingerprint density at radius 3 is 2.00 bits per heavy atom. The van der Waals surface area contributed by atoms with E-state index in [2.05, 4.69) is 4.74 Å². The van der Waals surface area contributed by atoms with Crippen LogP contribution in [-0.2, 0) is 14.1 Å². The van der Waals surface area contributed by atoms with E-state index in [1.807, 2.05) is 39.8 Å². The Bertz CT molecular complexity index is 451. The van der Waals surface area contributed by atoms with Gasteiger partial charge in [-0.05, 0) is 39.8 Å². The minimum Gasteiger partial charge on any atom is -0.465 e. The number of benzene rings is 1. The molecule has 0 aliphatic rings. The predicted octanol–water partition coefficient (Wildman–Crippen LogP) is 1.67. The molecule has 0 amide bonds. The van der Waals surface area contributed by atoms with Crippen molar-refractivity contribution in [1.82, 2.24) is 0 Å². The molecule has 0 spiro atoms. The molecule has 0 bridgehead atoms. The number of methoxy groups -OCH3 is 2. The third-order valence-electron chi connectivity index (χ3n) is 3.93. The molecule has 0 aliphatic heterocycles. The van der Waals surface area contributed by atoms with Gasteiger partial charge in [0.2, 0.25) is 0 Å². The first-order valence-electron chi connectivity index (χ1n) is 6.60. The lowest BCUT2D eigenvalue weighted by molar-refractivity contribution is -0.114. The van der Waals surface area contributed by atoms with E-state index in [0.717, 1.165) is 5.46 Å². The van der Waals surface area contributed by atoms with Gasteiger partial charge in [-0.15, -0.1) is 0 Å². The zero-order valence-corrected chi connectivity index (χ0v) is 13.1. The smallest absolute Gasteiger partial charge is 0.337 e. The molecule has 0 heterocycles. The molecule has 110 valence electrons. The predicted molar refractivity (Wildman–Crippen MR) is 80.8 cm³/mol. The van der Waals surface area contributed by atoms with Crippen molar-refractivity contribution in [2.45, 2.75) is 38.9 Å². The van der Waals surface area contributed by atoms with Gasteiger partial charge in [-0.25, -0.2) is 4.79 Å². The van der Waals surface area contributed by atoms with Crippen LogP contribution in [0.25, 0.3) is 0 Å². The topological polar surface area (TPSA) is 44.8 Å². The van der Waals surface area contributed by atoms with Crippen molar-refractivity contribution in [3.63, 3.8) is 0 Å². The standard InChI is InChI=1S/C15H23BO4/c1-14(2,19-6)15(3,4)20-16-12-9-7-11(8-10-12)13(17)18-5/h7-10,16H,1-6H3. The fourth-order valence-corrected chi connectivity index (χ4v) is 1.54. The molecule has 4 nitrogen and oxygen atoms in total. The minimum absolute atomic E-state index is 0.335. The van der Waals surface area contributed by atoms with Crippen LogP contribution in [0.1, 0.15) is 38.1 Å². The number of hydrogen-bond acceptors (Lipinski definition) is 4. The van der Waals surface area contributed by atoms with Crippen LogP contribution in [0.5, 0.6) is 0 Å². The van der Waals surface area contributed by atoms with Crippen molar-refractivity contribution in [1.29, 1.82) is 0 Å². The molecule has 5 heteroatoms. The quantitative estimate of drug-likeness (QED) is 0.586. The molecule has 0 aromatic heterocycles. The first-order chi connectivity index (χ1) is 9.23. The van der Waals surface area contributed by atoms with Gasteiger partial charge in [0.25, 0.3) is 0 Å². The molecule has 0 saturated heterocycles.